The first kappa shape index (κ1) is 14.1. The molecule has 3 rings (SSSR count). The molecule has 1 aliphatic rings. The summed E-state index contributed by atoms with van der Waals surface area (Å²) >= 11 is 6.28. The van der Waals surface area contributed by atoms with E-state index in [-0.39, 0.29) is 0 Å². The van der Waals surface area contributed by atoms with Gasteiger partial charge in [0, 0.05) is 16.8 Å². The van der Waals surface area contributed by atoms with Crippen molar-refractivity contribution in [1.82, 2.24) is 9.97 Å². The molecular weight excluding hydrogens is 288 g/mol. The summed E-state index contributed by atoms with van der Waals surface area (Å²) in [5, 5.41) is 0.571. The highest BCUT2D eigenvalue weighted by molar-refractivity contribution is 6.30. The van der Waals surface area contributed by atoms with E-state index in [4.69, 9.17) is 21.1 Å². The molecule has 0 bridgehead atoms. The molecule has 1 aromatic heterocycles. The molecule has 1 aliphatic carbocycles. The number of hydrogen-bond acceptors (Lipinski definition) is 4. The van der Waals surface area contributed by atoms with Crippen LogP contribution in [-0.4, -0.2) is 23.7 Å². The van der Waals surface area contributed by atoms with Crippen LogP contribution in [0.25, 0.3) is 11.4 Å². The molecule has 0 saturated carbocycles. The van der Waals surface area contributed by atoms with E-state index < -0.39 is 0 Å². The first-order valence-electron chi connectivity index (χ1n) is 7.09. The number of methoxy groups -OCH3 is 1. The van der Waals surface area contributed by atoms with Crippen molar-refractivity contribution in [3.8, 4) is 22.9 Å². The lowest BCUT2D eigenvalue weighted by Gasteiger charge is -2.11. The Hall–Kier alpha value is -1.81. The number of ether oxygens (including phenoxy) is 2. The molecule has 0 unspecified atom stereocenters. The van der Waals surface area contributed by atoms with Crippen molar-refractivity contribution in [2.24, 2.45) is 0 Å². The van der Waals surface area contributed by atoms with Gasteiger partial charge in [-0.15, -0.1) is 0 Å². The van der Waals surface area contributed by atoms with E-state index in [9.17, 15) is 0 Å². The van der Waals surface area contributed by atoms with E-state index in [0.29, 0.717) is 29.1 Å². The predicted molar refractivity (Wildman–Crippen MR) is 82.2 cm³/mol. The van der Waals surface area contributed by atoms with E-state index in [2.05, 4.69) is 9.97 Å². The number of rotatable bonds is 4. The number of hydrogen-bond donors (Lipinski definition) is 0. The number of nitrogens with zero attached hydrogens (tertiary/aromatic N) is 2. The molecule has 0 spiro atoms. The van der Waals surface area contributed by atoms with E-state index in [0.717, 1.165) is 36.1 Å². The Bertz CT molecular complexity index is 674. The largest absolute Gasteiger partial charge is 0.493 e. The lowest BCUT2D eigenvalue weighted by Crippen LogP contribution is -1.99. The molecule has 21 heavy (non-hydrogen) atoms. The van der Waals surface area contributed by atoms with Gasteiger partial charge in [-0.1, -0.05) is 11.6 Å². The van der Waals surface area contributed by atoms with Gasteiger partial charge < -0.3 is 9.47 Å². The second kappa shape index (κ2) is 5.90. The summed E-state index contributed by atoms with van der Waals surface area (Å²) in [6.45, 7) is 2.51. The van der Waals surface area contributed by atoms with E-state index in [1.807, 2.05) is 25.1 Å². The van der Waals surface area contributed by atoms with Crippen LogP contribution < -0.4 is 9.47 Å². The maximum Gasteiger partial charge on any atom is 0.161 e. The van der Waals surface area contributed by atoms with Crippen molar-refractivity contribution in [1.29, 1.82) is 0 Å². The zero-order valence-corrected chi connectivity index (χ0v) is 12.9. The third kappa shape index (κ3) is 2.68. The van der Waals surface area contributed by atoms with Gasteiger partial charge in [-0.25, -0.2) is 9.97 Å². The number of fused-ring (bicyclic) bond motifs is 1. The second-order valence-electron chi connectivity index (χ2n) is 4.92. The molecule has 0 atom stereocenters. The summed E-state index contributed by atoms with van der Waals surface area (Å²) in [6.07, 6.45) is 3.04. The fraction of sp³-hybridized carbons (Fsp3) is 0.375. The monoisotopic (exact) mass is 304 g/mol. The van der Waals surface area contributed by atoms with E-state index in [1.54, 1.807) is 7.11 Å². The van der Waals surface area contributed by atoms with E-state index in [1.165, 1.54) is 0 Å². The molecule has 0 radical (unpaired) electrons. The minimum absolute atomic E-state index is 0.571. The van der Waals surface area contributed by atoms with Crippen LogP contribution in [0.1, 0.15) is 24.6 Å². The third-order valence-corrected chi connectivity index (χ3v) is 3.92. The summed E-state index contributed by atoms with van der Waals surface area (Å²) in [4.78, 5) is 9.08. The number of aromatic nitrogens is 2. The average Bonchev–Trinajstić information content (AvgIpc) is 2.96. The normalized spacial score (nSPS) is 13.1. The summed E-state index contributed by atoms with van der Waals surface area (Å²) in [7, 11) is 1.63. The fourth-order valence-corrected chi connectivity index (χ4v) is 2.88. The molecule has 0 N–H and O–H groups in total. The Morgan fingerprint density at radius 3 is 2.81 bits per heavy atom. The standard InChI is InChI=1S/C16H17ClN2O2/c1-3-21-14-9-10(7-8-13(14)20-2)16-18-12-6-4-5-11(12)15(17)19-16/h7-9H,3-6H2,1-2H3. The van der Waals surface area contributed by atoms with Crippen molar-refractivity contribution in [2.45, 2.75) is 26.2 Å². The zero-order valence-electron chi connectivity index (χ0n) is 12.1. The molecule has 0 saturated heterocycles. The van der Waals surface area contributed by atoms with Crippen LogP contribution >= 0.6 is 11.6 Å². The maximum absolute atomic E-state index is 6.28. The van der Waals surface area contributed by atoms with Crippen LogP contribution in [0.3, 0.4) is 0 Å². The second-order valence-corrected chi connectivity index (χ2v) is 5.27. The third-order valence-electron chi connectivity index (χ3n) is 3.60. The summed E-state index contributed by atoms with van der Waals surface area (Å²) < 4.78 is 10.9. The molecule has 0 amide bonds. The van der Waals surface area contributed by atoms with Crippen LogP contribution in [0.4, 0.5) is 0 Å². The van der Waals surface area contributed by atoms with Gasteiger partial charge in [0.05, 0.1) is 13.7 Å². The molecule has 4 nitrogen and oxygen atoms in total. The van der Waals surface area contributed by atoms with Crippen LogP contribution in [-0.2, 0) is 12.8 Å². The van der Waals surface area contributed by atoms with Gasteiger partial charge in [-0.05, 0) is 44.4 Å². The van der Waals surface area contributed by atoms with Crippen molar-refractivity contribution < 1.29 is 9.47 Å². The molecule has 5 heteroatoms. The highest BCUT2D eigenvalue weighted by Gasteiger charge is 2.19. The van der Waals surface area contributed by atoms with Gasteiger partial charge in [0.25, 0.3) is 0 Å². The average molecular weight is 305 g/mol. The molecule has 1 aromatic carbocycles. The van der Waals surface area contributed by atoms with Gasteiger partial charge in [0.1, 0.15) is 5.15 Å². The highest BCUT2D eigenvalue weighted by atomic mass is 35.5. The van der Waals surface area contributed by atoms with Gasteiger partial charge in [0.15, 0.2) is 17.3 Å². The molecule has 0 fully saturated rings. The smallest absolute Gasteiger partial charge is 0.161 e. The summed E-state index contributed by atoms with van der Waals surface area (Å²) in [6, 6.07) is 5.69. The van der Waals surface area contributed by atoms with Gasteiger partial charge >= 0.3 is 0 Å². The van der Waals surface area contributed by atoms with Crippen molar-refractivity contribution >= 4 is 11.6 Å². The highest BCUT2D eigenvalue weighted by Crippen LogP contribution is 2.33. The number of aryl methyl sites for hydroxylation is 1. The van der Waals surface area contributed by atoms with E-state index >= 15 is 0 Å². The Labute approximate surface area is 129 Å². The minimum atomic E-state index is 0.571. The zero-order chi connectivity index (χ0) is 14.8. The van der Waals surface area contributed by atoms with Crippen molar-refractivity contribution in [2.75, 3.05) is 13.7 Å². The Balaban J connectivity index is 2.04. The van der Waals surface area contributed by atoms with Crippen molar-refractivity contribution in [3.05, 3.63) is 34.6 Å². The molecular formula is C16H17ClN2O2. The number of halogens is 1. The Morgan fingerprint density at radius 1 is 1.19 bits per heavy atom. The lowest BCUT2D eigenvalue weighted by atomic mass is 10.1. The maximum atomic E-state index is 6.28. The Morgan fingerprint density at radius 2 is 2.05 bits per heavy atom. The van der Waals surface area contributed by atoms with Crippen LogP contribution in [0.5, 0.6) is 11.5 Å². The fourth-order valence-electron chi connectivity index (χ4n) is 2.60. The lowest BCUT2D eigenvalue weighted by molar-refractivity contribution is 0.311. The van der Waals surface area contributed by atoms with Gasteiger partial charge in [-0.2, -0.15) is 0 Å². The summed E-state index contributed by atoms with van der Waals surface area (Å²) in [5.74, 6) is 2.04. The molecule has 0 aliphatic heterocycles. The first-order chi connectivity index (χ1) is 10.2. The van der Waals surface area contributed by atoms with Crippen molar-refractivity contribution in [3.63, 3.8) is 0 Å². The molecule has 110 valence electrons. The predicted octanol–water partition coefficient (Wildman–Crippen LogP) is 3.69. The van der Waals surface area contributed by atoms with Gasteiger partial charge in [-0.3, -0.25) is 0 Å². The van der Waals surface area contributed by atoms with Crippen LogP contribution in [0.2, 0.25) is 5.15 Å². The quantitative estimate of drug-likeness (QED) is 0.808. The summed E-state index contributed by atoms with van der Waals surface area (Å²) in [5.41, 5.74) is 3.05. The Kier molecular flexibility index (Phi) is 3.97. The minimum Gasteiger partial charge on any atom is -0.493 e. The van der Waals surface area contributed by atoms with Crippen LogP contribution in [0.15, 0.2) is 18.2 Å². The van der Waals surface area contributed by atoms with Gasteiger partial charge in [0.2, 0.25) is 0 Å². The SMILES string of the molecule is CCOc1cc(-c2nc(Cl)c3c(n2)CCC3)ccc1OC. The number of benzene rings is 1. The molecule has 1 heterocycles. The topological polar surface area (TPSA) is 44.2 Å². The first-order valence-corrected chi connectivity index (χ1v) is 7.47. The van der Waals surface area contributed by atoms with Crippen LogP contribution in [0, 0.1) is 0 Å². The molecule has 2 aromatic rings.